The standard InChI is InChI=1S/C15H23N/c1-5-6-13-9-8-12(4)15(16)14(13)10-7-11(2)3/h8-9H,2,5-7,10,16H2,1,3-4H3. The zero-order chi connectivity index (χ0) is 12.1. The van der Waals surface area contributed by atoms with Gasteiger partial charge in [0, 0.05) is 5.69 Å². The van der Waals surface area contributed by atoms with Crippen LogP contribution in [-0.4, -0.2) is 0 Å². The highest BCUT2D eigenvalue weighted by Gasteiger charge is 2.08. The number of nitrogens with two attached hydrogens (primary N) is 1. The van der Waals surface area contributed by atoms with Crippen LogP contribution < -0.4 is 5.73 Å². The molecule has 1 heteroatoms. The third kappa shape index (κ3) is 3.13. The van der Waals surface area contributed by atoms with Gasteiger partial charge < -0.3 is 5.73 Å². The highest BCUT2D eigenvalue weighted by Crippen LogP contribution is 2.24. The lowest BCUT2D eigenvalue weighted by Gasteiger charge is -2.14. The first-order valence-electron chi connectivity index (χ1n) is 6.07. The molecule has 0 saturated heterocycles. The number of hydrogen-bond acceptors (Lipinski definition) is 1. The summed E-state index contributed by atoms with van der Waals surface area (Å²) in [7, 11) is 0. The second kappa shape index (κ2) is 5.74. The van der Waals surface area contributed by atoms with E-state index in [4.69, 9.17) is 5.73 Å². The molecule has 1 rings (SSSR count). The van der Waals surface area contributed by atoms with E-state index in [0.29, 0.717) is 0 Å². The first-order valence-corrected chi connectivity index (χ1v) is 6.07. The molecule has 2 N–H and O–H groups in total. The normalized spacial score (nSPS) is 10.4. The predicted octanol–water partition coefficient (Wildman–Crippen LogP) is 4.04. The fourth-order valence-electron chi connectivity index (χ4n) is 1.96. The Hall–Kier alpha value is -1.24. The van der Waals surface area contributed by atoms with Crippen LogP contribution in [0.5, 0.6) is 0 Å². The number of hydrogen-bond donors (Lipinski definition) is 1. The summed E-state index contributed by atoms with van der Waals surface area (Å²) in [6.45, 7) is 10.3. The molecule has 0 radical (unpaired) electrons. The minimum absolute atomic E-state index is 0.979. The van der Waals surface area contributed by atoms with Gasteiger partial charge in [-0.1, -0.05) is 31.1 Å². The van der Waals surface area contributed by atoms with Crippen molar-refractivity contribution in [3.8, 4) is 0 Å². The molecule has 0 unspecified atom stereocenters. The molecule has 0 saturated carbocycles. The van der Waals surface area contributed by atoms with E-state index >= 15 is 0 Å². The second-order valence-corrected chi connectivity index (χ2v) is 4.64. The topological polar surface area (TPSA) is 26.0 Å². The Balaban J connectivity index is 3.00. The lowest BCUT2D eigenvalue weighted by molar-refractivity contribution is 0.872. The number of aryl methyl sites for hydroxylation is 2. The summed E-state index contributed by atoms with van der Waals surface area (Å²) in [5.74, 6) is 0. The average molecular weight is 217 g/mol. The largest absolute Gasteiger partial charge is 0.398 e. The quantitative estimate of drug-likeness (QED) is 0.584. The minimum Gasteiger partial charge on any atom is -0.398 e. The first kappa shape index (κ1) is 12.8. The molecule has 0 atom stereocenters. The van der Waals surface area contributed by atoms with Gasteiger partial charge in [0.2, 0.25) is 0 Å². The van der Waals surface area contributed by atoms with Crippen LogP contribution in [0.1, 0.15) is 43.4 Å². The Morgan fingerprint density at radius 2 is 2.00 bits per heavy atom. The van der Waals surface area contributed by atoms with Gasteiger partial charge in [0.05, 0.1) is 0 Å². The van der Waals surface area contributed by atoms with E-state index < -0.39 is 0 Å². The van der Waals surface area contributed by atoms with Gasteiger partial charge in [-0.25, -0.2) is 0 Å². The van der Waals surface area contributed by atoms with Crippen molar-refractivity contribution in [2.24, 2.45) is 0 Å². The van der Waals surface area contributed by atoms with Crippen LogP contribution >= 0.6 is 0 Å². The van der Waals surface area contributed by atoms with E-state index in [-0.39, 0.29) is 0 Å². The van der Waals surface area contributed by atoms with Crippen molar-refractivity contribution in [3.63, 3.8) is 0 Å². The van der Waals surface area contributed by atoms with Crippen LogP contribution in [0.2, 0.25) is 0 Å². The van der Waals surface area contributed by atoms with Gasteiger partial charge in [-0.2, -0.15) is 0 Å². The van der Waals surface area contributed by atoms with Crippen molar-refractivity contribution in [1.29, 1.82) is 0 Å². The molecule has 88 valence electrons. The molecule has 0 bridgehead atoms. The third-order valence-electron chi connectivity index (χ3n) is 2.99. The lowest BCUT2D eigenvalue weighted by Crippen LogP contribution is -2.03. The van der Waals surface area contributed by atoms with Gasteiger partial charge in [-0.05, 0) is 49.8 Å². The summed E-state index contributed by atoms with van der Waals surface area (Å²) in [6, 6.07) is 4.35. The summed E-state index contributed by atoms with van der Waals surface area (Å²) in [5, 5.41) is 0. The number of nitrogen functional groups attached to an aromatic ring is 1. The summed E-state index contributed by atoms with van der Waals surface area (Å²) >= 11 is 0. The molecular formula is C15H23N. The molecule has 0 aliphatic carbocycles. The van der Waals surface area contributed by atoms with Crippen molar-refractivity contribution in [2.45, 2.75) is 46.5 Å². The molecule has 0 heterocycles. The van der Waals surface area contributed by atoms with Crippen LogP contribution in [0.25, 0.3) is 0 Å². The molecule has 16 heavy (non-hydrogen) atoms. The minimum atomic E-state index is 0.979. The number of benzene rings is 1. The van der Waals surface area contributed by atoms with Crippen LogP contribution in [0, 0.1) is 6.92 Å². The SMILES string of the molecule is C=C(C)CCc1c(CCC)ccc(C)c1N. The molecule has 0 aromatic heterocycles. The summed E-state index contributed by atoms with van der Waals surface area (Å²) in [5.41, 5.74) is 12.3. The zero-order valence-corrected chi connectivity index (χ0v) is 10.8. The summed E-state index contributed by atoms with van der Waals surface area (Å²) in [6.07, 6.45) is 4.35. The number of anilines is 1. The second-order valence-electron chi connectivity index (χ2n) is 4.64. The summed E-state index contributed by atoms with van der Waals surface area (Å²) < 4.78 is 0. The Morgan fingerprint density at radius 3 is 2.56 bits per heavy atom. The first-order chi connectivity index (χ1) is 7.56. The van der Waals surface area contributed by atoms with Gasteiger partial charge in [-0.3, -0.25) is 0 Å². The molecule has 1 nitrogen and oxygen atoms in total. The Labute approximate surface area is 99.4 Å². The van der Waals surface area contributed by atoms with E-state index in [9.17, 15) is 0 Å². The fourth-order valence-corrected chi connectivity index (χ4v) is 1.96. The number of allylic oxidation sites excluding steroid dienone is 1. The molecule has 0 amide bonds. The van der Waals surface area contributed by atoms with Gasteiger partial charge in [0.15, 0.2) is 0 Å². The molecular weight excluding hydrogens is 194 g/mol. The third-order valence-corrected chi connectivity index (χ3v) is 2.99. The smallest absolute Gasteiger partial charge is 0.0379 e. The molecule has 0 fully saturated rings. The van der Waals surface area contributed by atoms with Crippen LogP contribution in [-0.2, 0) is 12.8 Å². The van der Waals surface area contributed by atoms with Gasteiger partial charge in [0.1, 0.15) is 0 Å². The van der Waals surface area contributed by atoms with Gasteiger partial charge >= 0.3 is 0 Å². The average Bonchev–Trinajstić information content (AvgIpc) is 2.23. The Morgan fingerprint density at radius 1 is 1.31 bits per heavy atom. The van der Waals surface area contributed by atoms with E-state index in [0.717, 1.165) is 24.9 Å². The molecule has 0 aliphatic heterocycles. The number of rotatable bonds is 5. The van der Waals surface area contributed by atoms with Crippen molar-refractivity contribution < 1.29 is 0 Å². The van der Waals surface area contributed by atoms with Crippen molar-refractivity contribution in [3.05, 3.63) is 41.0 Å². The van der Waals surface area contributed by atoms with Crippen molar-refractivity contribution in [2.75, 3.05) is 5.73 Å². The van der Waals surface area contributed by atoms with Gasteiger partial charge in [-0.15, -0.1) is 6.58 Å². The molecule has 1 aromatic carbocycles. The highest BCUT2D eigenvalue weighted by molar-refractivity contribution is 5.57. The van der Waals surface area contributed by atoms with Gasteiger partial charge in [0.25, 0.3) is 0 Å². The molecule has 1 aromatic rings. The lowest BCUT2D eigenvalue weighted by atomic mass is 9.94. The van der Waals surface area contributed by atoms with Crippen LogP contribution in [0.3, 0.4) is 0 Å². The monoisotopic (exact) mass is 217 g/mol. The maximum absolute atomic E-state index is 6.17. The van der Waals surface area contributed by atoms with E-state index in [1.54, 1.807) is 0 Å². The summed E-state index contributed by atoms with van der Waals surface area (Å²) in [4.78, 5) is 0. The van der Waals surface area contributed by atoms with Crippen molar-refractivity contribution in [1.82, 2.24) is 0 Å². The van der Waals surface area contributed by atoms with Crippen LogP contribution in [0.4, 0.5) is 5.69 Å². The fraction of sp³-hybridized carbons (Fsp3) is 0.467. The molecule has 0 aliphatic rings. The van der Waals surface area contributed by atoms with E-state index in [1.807, 2.05) is 0 Å². The highest BCUT2D eigenvalue weighted by atomic mass is 14.6. The van der Waals surface area contributed by atoms with E-state index in [1.165, 1.54) is 28.7 Å². The predicted molar refractivity (Wildman–Crippen MR) is 72.7 cm³/mol. The Bertz CT molecular complexity index is 377. The van der Waals surface area contributed by atoms with E-state index in [2.05, 4.69) is 39.5 Å². The maximum Gasteiger partial charge on any atom is 0.0379 e. The maximum atomic E-state index is 6.17. The zero-order valence-electron chi connectivity index (χ0n) is 10.8. The van der Waals surface area contributed by atoms with Crippen molar-refractivity contribution >= 4 is 5.69 Å². The van der Waals surface area contributed by atoms with Crippen LogP contribution in [0.15, 0.2) is 24.3 Å². The molecule has 0 spiro atoms. The Kier molecular flexibility index (Phi) is 4.60.